The van der Waals surface area contributed by atoms with Crippen LogP contribution in [0.2, 0.25) is 0 Å². The van der Waals surface area contributed by atoms with E-state index < -0.39 is 11.9 Å². The third-order valence-corrected chi connectivity index (χ3v) is 1.82. The molecule has 0 N–H and O–H groups in total. The minimum Gasteiger partial charge on any atom is -0.386 e. The van der Waals surface area contributed by atoms with Crippen LogP contribution in [0.15, 0.2) is 23.2 Å². The van der Waals surface area contributed by atoms with Crippen LogP contribution < -0.4 is 0 Å². The van der Waals surface area contributed by atoms with Crippen LogP contribution in [0, 0.1) is 0 Å². The van der Waals surface area contributed by atoms with Gasteiger partial charge in [0.25, 0.3) is 0 Å². The lowest BCUT2D eigenvalue weighted by atomic mass is 10.1. The number of nitrogens with zero attached hydrogens (tertiary/aromatic N) is 1. The molecule has 0 saturated carbocycles. The van der Waals surface area contributed by atoms with E-state index >= 15 is 0 Å². The van der Waals surface area contributed by atoms with Crippen LogP contribution in [0.5, 0.6) is 0 Å². The Balaban J connectivity index is 2.73. The van der Waals surface area contributed by atoms with Crippen LogP contribution in [-0.4, -0.2) is 18.0 Å². The summed E-state index contributed by atoms with van der Waals surface area (Å²) in [6, 6.07) is 4.38. The van der Waals surface area contributed by atoms with Crippen molar-refractivity contribution in [2.45, 2.75) is 0 Å². The Morgan fingerprint density at radius 1 is 1.21 bits per heavy atom. The molecule has 5 heteroatoms. The highest BCUT2D eigenvalue weighted by molar-refractivity contribution is 6.17. The van der Waals surface area contributed by atoms with E-state index in [2.05, 4.69) is 9.73 Å². The molecule has 5 nitrogen and oxygen atoms in total. The van der Waals surface area contributed by atoms with E-state index in [9.17, 15) is 14.4 Å². The van der Waals surface area contributed by atoms with E-state index in [-0.39, 0.29) is 16.8 Å². The lowest BCUT2D eigenvalue weighted by Gasteiger charge is -1.94. The number of rotatable bonds is 1. The molecule has 0 aliphatic carbocycles. The minimum absolute atomic E-state index is 0.0286. The van der Waals surface area contributed by atoms with Crippen molar-refractivity contribution in [3.8, 4) is 0 Å². The lowest BCUT2D eigenvalue weighted by molar-refractivity contribution is 0.0444. The Morgan fingerprint density at radius 3 is 2.71 bits per heavy atom. The van der Waals surface area contributed by atoms with Crippen LogP contribution >= 0.6 is 0 Å². The molecule has 0 unspecified atom stereocenters. The fourth-order valence-electron chi connectivity index (χ4n) is 1.26. The Bertz CT molecular complexity index is 486. The first kappa shape index (κ1) is 8.34. The molecule has 0 aromatic heterocycles. The van der Waals surface area contributed by atoms with Crippen molar-refractivity contribution < 1.29 is 19.1 Å². The first-order chi connectivity index (χ1) is 6.74. The van der Waals surface area contributed by atoms with Crippen molar-refractivity contribution in [3.63, 3.8) is 0 Å². The maximum absolute atomic E-state index is 11.1. The summed E-state index contributed by atoms with van der Waals surface area (Å²) in [5, 5.41) is 0. The summed E-state index contributed by atoms with van der Waals surface area (Å²) in [6.07, 6.45) is 1.31. The number of hydrogen-bond acceptors (Lipinski definition) is 5. The summed E-state index contributed by atoms with van der Waals surface area (Å²) in [6.45, 7) is 0. The topological polar surface area (TPSA) is 72.8 Å². The molecule has 14 heavy (non-hydrogen) atoms. The second-order valence-corrected chi connectivity index (χ2v) is 2.58. The predicted molar refractivity (Wildman–Crippen MR) is 44.0 cm³/mol. The smallest absolute Gasteiger partial charge is 0.349 e. The van der Waals surface area contributed by atoms with Gasteiger partial charge in [-0.25, -0.2) is 14.4 Å². The monoisotopic (exact) mass is 189 g/mol. The Morgan fingerprint density at radius 2 is 2.00 bits per heavy atom. The van der Waals surface area contributed by atoms with E-state index in [1.165, 1.54) is 24.3 Å². The van der Waals surface area contributed by atoms with E-state index in [0.29, 0.717) is 0 Å². The summed E-state index contributed by atoms with van der Waals surface area (Å²) in [4.78, 5) is 35.5. The van der Waals surface area contributed by atoms with Gasteiger partial charge in [0.1, 0.15) is 5.56 Å². The van der Waals surface area contributed by atoms with E-state index in [1.807, 2.05) is 0 Å². The molecule has 1 heterocycles. The molecule has 0 spiro atoms. The van der Waals surface area contributed by atoms with E-state index in [0.717, 1.165) is 0 Å². The number of benzene rings is 1. The molecule has 1 aliphatic heterocycles. The van der Waals surface area contributed by atoms with Crippen LogP contribution in [0.1, 0.15) is 20.7 Å². The largest absolute Gasteiger partial charge is 0.386 e. The number of ether oxygens (including phenoxy) is 1. The zero-order chi connectivity index (χ0) is 10.1. The molecule has 1 aliphatic rings. The maximum atomic E-state index is 11.1. The SMILES string of the molecule is O=C=Nc1cccc2c1C(=O)OC2=O. The third kappa shape index (κ3) is 1.04. The number of hydrogen-bond donors (Lipinski definition) is 0. The molecule has 0 radical (unpaired) electrons. The van der Waals surface area contributed by atoms with Gasteiger partial charge in [-0.3, -0.25) is 0 Å². The van der Waals surface area contributed by atoms with Gasteiger partial charge < -0.3 is 4.74 Å². The number of fused-ring (bicyclic) bond motifs is 1. The van der Waals surface area contributed by atoms with Crippen molar-refractivity contribution in [2.75, 3.05) is 0 Å². The molecule has 0 fully saturated rings. The number of aliphatic imine (C=N–C) groups is 1. The molecular weight excluding hydrogens is 186 g/mol. The van der Waals surface area contributed by atoms with Gasteiger partial charge in [-0.05, 0) is 12.1 Å². The molecule has 68 valence electrons. The molecular formula is C9H3NO4. The average Bonchev–Trinajstić information content (AvgIpc) is 2.44. The standard InChI is InChI=1S/C9H3NO4/c11-4-10-6-3-1-2-5-7(6)9(13)14-8(5)12/h1-3H. The number of carbonyl (C=O) groups excluding carboxylic acids is 3. The number of cyclic esters (lactones) is 2. The van der Waals surface area contributed by atoms with Crippen molar-refractivity contribution in [1.82, 2.24) is 0 Å². The highest BCUT2D eigenvalue weighted by Gasteiger charge is 2.31. The van der Waals surface area contributed by atoms with Crippen LogP contribution in [-0.2, 0) is 9.53 Å². The summed E-state index contributed by atoms with van der Waals surface area (Å²) in [7, 11) is 0. The fourth-order valence-corrected chi connectivity index (χ4v) is 1.26. The van der Waals surface area contributed by atoms with Crippen LogP contribution in [0.3, 0.4) is 0 Å². The van der Waals surface area contributed by atoms with Gasteiger partial charge in [0.05, 0.1) is 11.3 Å². The van der Waals surface area contributed by atoms with Crippen molar-refractivity contribution in [1.29, 1.82) is 0 Å². The maximum Gasteiger partial charge on any atom is 0.349 e. The second-order valence-electron chi connectivity index (χ2n) is 2.58. The fraction of sp³-hybridized carbons (Fsp3) is 0. The zero-order valence-electron chi connectivity index (χ0n) is 6.81. The summed E-state index contributed by atoms with van der Waals surface area (Å²) in [5.74, 6) is -1.49. The summed E-state index contributed by atoms with van der Waals surface area (Å²) < 4.78 is 4.35. The second kappa shape index (κ2) is 2.90. The first-order valence-electron chi connectivity index (χ1n) is 3.71. The normalized spacial score (nSPS) is 13.1. The quantitative estimate of drug-likeness (QED) is 0.285. The van der Waals surface area contributed by atoms with Crippen molar-refractivity contribution in [2.24, 2.45) is 4.99 Å². The highest BCUT2D eigenvalue weighted by Crippen LogP contribution is 2.28. The Labute approximate surface area is 78.0 Å². The lowest BCUT2D eigenvalue weighted by Crippen LogP contribution is -1.97. The number of esters is 2. The van der Waals surface area contributed by atoms with Gasteiger partial charge in [-0.1, -0.05) is 6.07 Å². The average molecular weight is 189 g/mol. The molecule has 2 rings (SSSR count). The Hall–Kier alpha value is -2.26. The third-order valence-electron chi connectivity index (χ3n) is 1.82. The van der Waals surface area contributed by atoms with Gasteiger partial charge in [0, 0.05) is 0 Å². The van der Waals surface area contributed by atoms with E-state index in [1.54, 1.807) is 0 Å². The van der Waals surface area contributed by atoms with Crippen molar-refractivity contribution >= 4 is 23.7 Å². The van der Waals surface area contributed by atoms with Gasteiger partial charge >= 0.3 is 11.9 Å². The summed E-state index contributed by atoms with van der Waals surface area (Å²) in [5.41, 5.74) is 0.265. The molecule has 0 amide bonds. The van der Waals surface area contributed by atoms with Crippen LogP contribution in [0.4, 0.5) is 5.69 Å². The predicted octanol–water partition coefficient (Wildman–Crippen LogP) is 0.965. The number of carbonyl (C=O) groups is 2. The molecule has 0 saturated heterocycles. The zero-order valence-corrected chi connectivity index (χ0v) is 6.81. The van der Waals surface area contributed by atoms with Gasteiger partial charge in [0.2, 0.25) is 6.08 Å². The van der Waals surface area contributed by atoms with Crippen LogP contribution in [0.25, 0.3) is 0 Å². The minimum atomic E-state index is -0.778. The molecule has 0 bridgehead atoms. The Kier molecular flexibility index (Phi) is 1.73. The van der Waals surface area contributed by atoms with Gasteiger partial charge in [0.15, 0.2) is 0 Å². The highest BCUT2D eigenvalue weighted by atomic mass is 16.6. The van der Waals surface area contributed by atoms with E-state index in [4.69, 9.17) is 0 Å². The first-order valence-corrected chi connectivity index (χ1v) is 3.71. The molecule has 1 aromatic carbocycles. The van der Waals surface area contributed by atoms with Gasteiger partial charge in [-0.15, -0.1) is 0 Å². The summed E-state index contributed by atoms with van der Waals surface area (Å²) >= 11 is 0. The molecule has 1 aromatic rings. The number of isocyanates is 1. The molecule has 0 atom stereocenters. The van der Waals surface area contributed by atoms with Gasteiger partial charge in [-0.2, -0.15) is 4.99 Å². The van der Waals surface area contributed by atoms with Crippen molar-refractivity contribution in [3.05, 3.63) is 29.3 Å².